The van der Waals surface area contributed by atoms with Crippen molar-refractivity contribution in [1.82, 2.24) is 5.32 Å². The zero-order valence-corrected chi connectivity index (χ0v) is 14.6. The third-order valence-corrected chi connectivity index (χ3v) is 3.49. The highest BCUT2D eigenvalue weighted by Gasteiger charge is 2.12. The summed E-state index contributed by atoms with van der Waals surface area (Å²) in [5.41, 5.74) is 7.33. The molecule has 1 atom stereocenters. The highest BCUT2D eigenvalue weighted by molar-refractivity contribution is 5.85. The molecule has 2 aromatic rings. The lowest BCUT2D eigenvalue weighted by Gasteiger charge is -2.17. The standard InChI is InChI=1S/C18H22N2O3.ClH/c1-13(20-18(21)11-19)15-8-9-16(17(10-15)22-2)23-12-14-6-4-3-5-7-14;/h3-10,13H,11-12,19H2,1-2H3,(H,20,21);1H. The Hall–Kier alpha value is -2.24. The molecule has 24 heavy (non-hydrogen) atoms. The van der Waals surface area contributed by atoms with Crippen molar-refractivity contribution in [2.45, 2.75) is 19.6 Å². The monoisotopic (exact) mass is 350 g/mol. The van der Waals surface area contributed by atoms with Crippen LogP contribution < -0.4 is 20.5 Å². The Bertz CT molecular complexity index is 650. The fourth-order valence-electron chi connectivity index (χ4n) is 2.19. The van der Waals surface area contributed by atoms with Crippen molar-refractivity contribution in [3.05, 3.63) is 59.7 Å². The van der Waals surface area contributed by atoms with Crippen molar-refractivity contribution in [2.24, 2.45) is 5.73 Å². The van der Waals surface area contributed by atoms with Crippen LogP contribution in [-0.2, 0) is 11.4 Å². The topological polar surface area (TPSA) is 73.6 Å². The lowest BCUT2D eigenvalue weighted by atomic mass is 10.1. The third kappa shape index (κ3) is 5.44. The van der Waals surface area contributed by atoms with Gasteiger partial charge in [-0.3, -0.25) is 4.79 Å². The fourth-order valence-corrected chi connectivity index (χ4v) is 2.19. The molecule has 5 nitrogen and oxygen atoms in total. The molecule has 130 valence electrons. The zero-order chi connectivity index (χ0) is 16.7. The van der Waals surface area contributed by atoms with E-state index in [0.717, 1.165) is 11.1 Å². The number of carbonyl (C=O) groups is 1. The van der Waals surface area contributed by atoms with E-state index in [1.54, 1.807) is 7.11 Å². The van der Waals surface area contributed by atoms with E-state index in [1.807, 2.05) is 55.5 Å². The molecule has 2 aromatic carbocycles. The van der Waals surface area contributed by atoms with Crippen LogP contribution >= 0.6 is 12.4 Å². The maximum absolute atomic E-state index is 11.4. The van der Waals surface area contributed by atoms with Gasteiger partial charge in [0.05, 0.1) is 19.7 Å². The van der Waals surface area contributed by atoms with E-state index in [2.05, 4.69) is 5.32 Å². The zero-order valence-electron chi connectivity index (χ0n) is 13.8. The minimum absolute atomic E-state index is 0. The van der Waals surface area contributed by atoms with E-state index in [1.165, 1.54) is 0 Å². The summed E-state index contributed by atoms with van der Waals surface area (Å²) >= 11 is 0. The molecule has 0 radical (unpaired) electrons. The number of amides is 1. The molecule has 0 heterocycles. The van der Waals surface area contributed by atoms with Gasteiger partial charge in [-0.1, -0.05) is 36.4 Å². The number of nitrogens with two attached hydrogens (primary N) is 1. The highest BCUT2D eigenvalue weighted by atomic mass is 35.5. The Kier molecular flexibility index (Phi) is 8.09. The first-order chi connectivity index (χ1) is 11.1. The average Bonchev–Trinajstić information content (AvgIpc) is 2.60. The molecule has 0 aliphatic heterocycles. The van der Waals surface area contributed by atoms with Gasteiger partial charge in [-0.2, -0.15) is 0 Å². The summed E-state index contributed by atoms with van der Waals surface area (Å²) in [6.45, 7) is 2.34. The Morgan fingerprint density at radius 2 is 1.88 bits per heavy atom. The number of halogens is 1. The van der Waals surface area contributed by atoms with Gasteiger partial charge >= 0.3 is 0 Å². The van der Waals surface area contributed by atoms with Crippen molar-refractivity contribution in [3.63, 3.8) is 0 Å². The van der Waals surface area contributed by atoms with Crippen LogP contribution in [0.3, 0.4) is 0 Å². The van der Waals surface area contributed by atoms with Gasteiger partial charge in [0.2, 0.25) is 5.91 Å². The predicted molar refractivity (Wildman–Crippen MR) is 96.6 cm³/mol. The molecule has 6 heteroatoms. The van der Waals surface area contributed by atoms with Crippen molar-refractivity contribution in [2.75, 3.05) is 13.7 Å². The summed E-state index contributed by atoms with van der Waals surface area (Å²) in [6, 6.07) is 15.4. The average molecular weight is 351 g/mol. The van der Waals surface area contributed by atoms with Crippen LogP contribution in [0.25, 0.3) is 0 Å². The molecule has 0 bridgehead atoms. The molecule has 0 saturated carbocycles. The summed E-state index contributed by atoms with van der Waals surface area (Å²) in [5.74, 6) is 1.10. The summed E-state index contributed by atoms with van der Waals surface area (Å²) in [6.07, 6.45) is 0. The Labute approximate surface area is 148 Å². The minimum Gasteiger partial charge on any atom is -0.493 e. The highest BCUT2D eigenvalue weighted by Crippen LogP contribution is 2.30. The number of hydrogen-bond donors (Lipinski definition) is 2. The summed E-state index contributed by atoms with van der Waals surface area (Å²) in [4.78, 5) is 11.4. The van der Waals surface area contributed by atoms with E-state index < -0.39 is 0 Å². The van der Waals surface area contributed by atoms with E-state index in [-0.39, 0.29) is 30.9 Å². The molecule has 0 aliphatic rings. The number of hydrogen-bond acceptors (Lipinski definition) is 4. The largest absolute Gasteiger partial charge is 0.493 e. The van der Waals surface area contributed by atoms with Crippen molar-refractivity contribution < 1.29 is 14.3 Å². The normalized spacial score (nSPS) is 11.1. The van der Waals surface area contributed by atoms with Crippen LogP contribution in [-0.4, -0.2) is 19.6 Å². The first kappa shape index (κ1) is 19.8. The molecule has 0 saturated heterocycles. The lowest BCUT2D eigenvalue weighted by Crippen LogP contribution is -2.32. The van der Waals surface area contributed by atoms with Crippen LogP contribution in [0.15, 0.2) is 48.5 Å². The van der Waals surface area contributed by atoms with Crippen LogP contribution in [0.5, 0.6) is 11.5 Å². The van der Waals surface area contributed by atoms with Crippen LogP contribution in [0.2, 0.25) is 0 Å². The fraction of sp³-hybridized carbons (Fsp3) is 0.278. The maximum Gasteiger partial charge on any atom is 0.234 e. The first-order valence-electron chi connectivity index (χ1n) is 7.48. The predicted octanol–water partition coefficient (Wildman–Crippen LogP) is 2.83. The molecule has 0 fully saturated rings. The molecule has 3 N–H and O–H groups in total. The second-order valence-corrected chi connectivity index (χ2v) is 5.18. The number of carbonyl (C=O) groups excluding carboxylic acids is 1. The first-order valence-corrected chi connectivity index (χ1v) is 7.48. The summed E-state index contributed by atoms with van der Waals surface area (Å²) in [7, 11) is 1.59. The van der Waals surface area contributed by atoms with E-state index >= 15 is 0 Å². The van der Waals surface area contributed by atoms with E-state index in [9.17, 15) is 4.79 Å². The van der Waals surface area contributed by atoms with Crippen LogP contribution in [0.1, 0.15) is 24.1 Å². The number of ether oxygens (including phenoxy) is 2. The summed E-state index contributed by atoms with van der Waals surface area (Å²) < 4.78 is 11.2. The molecule has 0 aliphatic carbocycles. The van der Waals surface area contributed by atoms with E-state index in [0.29, 0.717) is 18.1 Å². The van der Waals surface area contributed by atoms with Crippen molar-refractivity contribution >= 4 is 18.3 Å². The van der Waals surface area contributed by atoms with Gasteiger partial charge in [-0.25, -0.2) is 0 Å². The Balaban J connectivity index is 0.00000288. The summed E-state index contributed by atoms with van der Waals surface area (Å²) in [5, 5.41) is 2.81. The molecule has 1 unspecified atom stereocenters. The van der Waals surface area contributed by atoms with Crippen LogP contribution in [0.4, 0.5) is 0 Å². The number of benzene rings is 2. The van der Waals surface area contributed by atoms with Gasteiger partial charge in [0.25, 0.3) is 0 Å². The van der Waals surface area contributed by atoms with Gasteiger partial charge < -0.3 is 20.5 Å². The molecule has 2 rings (SSSR count). The maximum atomic E-state index is 11.4. The Morgan fingerprint density at radius 3 is 2.50 bits per heavy atom. The minimum atomic E-state index is -0.194. The van der Waals surface area contributed by atoms with Gasteiger partial charge in [0, 0.05) is 0 Å². The lowest BCUT2D eigenvalue weighted by molar-refractivity contribution is -0.120. The third-order valence-electron chi connectivity index (χ3n) is 3.49. The van der Waals surface area contributed by atoms with E-state index in [4.69, 9.17) is 15.2 Å². The second-order valence-electron chi connectivity index (χ2n) is 5.18. The number of nitrogens with one attached hydrogen (secondary N) is 1. The number of methoxy groups -OCH3 is 1. The quantitative estimate of drug-likeness (QED) is 0.805. The van der Waals surface area contributed by atoms with Crippen molar-refractivity contribution in [1.29, 1.82) is 0 Å². The molecular weight excluding hydrogens is 328 g/mol. The van der Waals surface area contributed by atoms with Gasteiger partial charge in [-0.05, 0) is 30.2 Å². The van der Waals surface area contributed by atoms with Gasteiger partial charge in [0.1, 0.15) is 6.61 Å². The number of rotatable bonds is 7. The molecule has 0 spiro atoms. The second kappa shape index (κ2) is 9.80. The van der Waals surface area contributed by atoms with Crippen LogP contribution in [0, 0.1) is 0 Å². The van der Waals surface area contributed by atoms with Gasteiger partial charge in [-0.15, -0.1) is 12.4 Å². The smallest absolute Gasteiger partial charge is 0.234 e. The van der Waals surface area contributed by atoms with Crippen molar-refractivity contribution in [3.8, 4) is 11.5 Å². The molecular formula is C18H23ClN2O3. The Morgan fingerprint density at radius 1 is 1.17 bits per heavy atom. The molecule has 1 amide bonds. The van der Waals surface area contributed by atoms with Gasteiger partial charge in [0.15, 0.2) is 11.5 Å². The SMILES string of the molecule is COc1cc(C(C)NC(=O)CN)ccc1OCc1ccccc1.Cl. The molecule has 0 aromatic heterocycles.